The van der Waals surface area contributed by atoms with E-state index < -0.39 is 4.92 Å². The maximum Gasteiger partial charge on any atom is 0.433 e. The Hall–Kier alpha value is -3.04. The van der Waals surface area contributed by atoms with Crippen LogP contribution in [0.2, 0.25) is 0 Å². The smallest absolute Gasteiger partial charge is 0.401 e. The molecule has 2 heterocycles. The third-order valence-corrected chi connectivity index (χ3v) is 5.30. The fraction of sp³-hybridized carbons (Fsp3) is 0. The van der Waals surface area contributed by atoms with E-state index in [0.717, 1.165) is 4.47 Å². The van der Waals surface area contributed by atoms with Crippen LogP contribution in [0.25, 0.3) is 28.7 Å². The van der Waals surface area contributed by atoms with Gasteiger partial charge in [-0.05, 0) is 64.5 Å². The zero-order valence-corrected chi connectivity index (χ0v) is 17.8. The Morgan fingerprint density at radius 1 is 1.07 bits per heavy atom. The van der Waals surface area contributed by atoms with Crippen LogP contribution in [0.15, 0.2) is 72.8 Å². The Morgan fingerprint density at radius 2 is 1.86 bits per heavy atom. The van der Waals surface area contributed by atoms with Gasteiger partial charge in [-0.15, -0.1) is 0 Å². The molecule has 0 atom stereocenters. The molecule has 0 saturated heterocycles. The van der Waals surface area contributed by atoms with Gasteiger partial charge in [0.15, 0.2) is 0 Å². The maximum absolute atomic E-state index is 13.3. The van der Waals surface area contributed by atoms with E-state index in [9.17, 15) is 14.9 Å². The molecule has 0 radical (unpaired) electrons. The molecule has 0 aliphatic rings. The van der Waals surface area contributed by atoms with Crippen LogP contribution in [0, 0.1) is 10.1 Å². The van der Waals surface area contributed by atoms with Gasteiger partial charge in [0.05, 0.1) is 22.7 Å². The molecule has 0 fully saturated rings. The van der Waals surface area contributed by atoms with Crippen LogP contribution in [0.4, 0.5) is 5.88 Å². The normalized spacial score (nSPS) is 11.4. The zero-order valence-electron chi connectivity index (χ0n) is 14.6. The molecule has 144 valence electrons. The fourth-order valence-electron chi connectivity index (χ4n) is 2.84. The molecule has 9 heteroatoms. The summed E-state index contributed by atoms with van der Waals surface area (Å²) < 4.78 is 8.14. The van der Waals surface area contributed by atoms with Gasteiger partial charge in [0.25, 0.3) is 5.56 Å². The molecule has 0 aliphatic carbocycles. The summed E-state index contributed by atoms with van der Waals surface area (Å²) in [5, 5.41) is 11.3. The number of furan rings is 1. The average Bonchev–Trinajstić information content (AvgIpc) is 3.18. The molecule has 4 aromatic rings. The summed E-state index contributed by atoms with van der Waals surface area (Å²) in [5.74, 6) is 0.272. The Kier molecular flexibility index (Phi) is 5.16. The van der Waals surface area contributed by atoms with Crippen molar-refractivity contribution in [2.75, 3.05) is 0 Å². The zero-order chi connectivity index (χ0) is 20.5. The quantitative estimate of drug-likeness (QED) is 0.261. The Morgan fingerprint density at radius 3 is 2.62 bits per heavy atom. The van der Waals surface area contributed by atoms with Crippen molar-refractivity contribution in [1.29, 1.82) is 0 Å². The topological polar surface area (TPSA) is 91.2 Å². The first-order valence-electron chi connectivity index (χ1n) is 8.33. The van der Waals surface area contributed by atoms with Gasteiger partial charge in [0.2, 0.25) is 0 Å². The average molecular weight is 517 g/mol. The first-order chi connectivity index (χ1) is 13.9. The predicted octanol–water partition coefficient (Wildman–Crippen LogP) is 5.58. The number of halogens is 2. The van der Waals surface area contributed by atoms with Crippen molar-refractivity contribution in [3.63, 3.8) is 0 Å². The molecule has 29 heavy (non-hydrogen) atoms. The molecule has 0 saturated carbocycles. The molecule has 0 N–H and O–H groups in total. The molecule has 0 unspecified atom stereocenters. The van der Waals surface area contributed by atoms with Crippen molar-refractivity contribution in [2.24, 2.45) is 0 Å². The van der Waals surface area contributed by atoms with E-state index in [-0.39, 0.29) is 17.2 Å². The predicted molar refractivity (Wildman–Crippen MR) is 117 cm³/mol. The second-order valence-electron chi connectivity index (χ2n) is 5.99. The molecule has 4 rings (SSSR count). The van der Waals surface area contributed by atoms with E-state index in [1.807, 2.05) is 12.1 Å². The first kappa shape index (κ1) is 19.3. The van der Waals surface area contributed by atoms with Crippen LogP contribution < -0.4 is 5.56 Å². The number of hydrogen-bond acceptors (Lipinski definition) is 5. The van der Waals surface area contributed by atoms with Crippen LogP contribution in [-0.4, -0.2) is 14.5 Å². The minimum Gasteiger partial charge on any atom is -0.401 e. The largest absolute Gasteiger partial charge is 0.433 e. The summed E-state index contributed by atoms with van der Waals surface area (Å²) in [5.41, 5.74) is 0.914. The summed E-state index contributed by atoms with van der Waals surface area (Å²) in [6, 6.07) is 15.3. The van der Waals surface area contributed by atoms with E-state index in [0.29, 0.717) is 26.9 Å². The number of fused-ring (bicyclic) bond motifs is 1. The molecular weight excluding hydrogens is 506 g/mol. The van der Waals surface area contributed by atoms with Crippen molar-refractivity contribution in [2.45, 2.75) is 0 Å². The molecular formula is C20H11Br2N3O4. The number of rotatable bonds is 4. The van der Waals surface area contributed by atoms with E-state index in [1.165, 1.54) is 22.8 Å². The third kappa shape index (κ3) is 3.79. The summed E-state index contributed by atoms with van der Waals surface area (Å²) in [6.07, 6.45) is 3.12. The number of nitrogens with zero attached hydrogens (tertiary/aromatic N) is 3. The summed E-state index contributed by atoms with van der Waals surface area (Å²) in [4.78, 5) is 28.1. The number of para-hydroxylation sites is 1. The Bertz CT molecular complexity index is 1340. The highest BCUT2D eigenvalue weighted by Crippen LogP contribution is 2.26. The second kappa shape index (κ2) is 7.76. The maximum atomic E-state index is 13.3. The number of nitro groups is 1. The standard InChI is InChI=1S/C20H11Br2N3O4/c21-12-5-8-15(22)17(11-12)24-18(9-6-13-7-10-19(29-13)25(27)28)23-16-4-2-1-3-14(16)20(24)26/h1-11H/b9-6+. The number of hydrogen-bond donors (Lipinski definition) is 0. The lowest BCUT2D eigenvalue weighted by Gasteiger charge is -2.13. The van der Waals surface area contributed by atoms with Crippen molar-refractivity contribution in [3.8, 4) is 5.69 Å². The summed E-state index contributed by atoms with van der Waals surface area (Å²) in [6.45, 7) is 0. The van der Waals surface area contributed by atoms with Crippen molar-refractivity contribution in [3.05, 3.63) is 95.6 Å². The molecule has 2 aromatic heterocycles. The van der Waals surface area contributed by atoms with Crippen molar-refractivity contribution >= 4 is 60.8 Å². The van der Waals surface area contributed by atoms with Crippen LogP contribution in [0.1, 0.15) is 11.6 Å². The monoisotopic (exact) mass is 515 g/mol. The highest BCUT2D eigenvalue weighted by Gasteiger charge is 2.15. The minimum atomic E-state index is -0.611. The van der Waals surface area contributed by atoms with Crippen molar-refractivity contribution < 1.29 is 9.34 Å². The van der Waals surface area contributed by atoms with E-state index in [4.69, 9.17) is 4.42 Å². The van der Waals surface area contributed by atoms with Gasteiger partial charge in [-0.2, -0.15) is 0 Å². The first-order valence-corrected chi connectivity index (χ1v) is 9.92. The number of benzene rings is 2. The van der Waals surface area contributed by atoms with E-state index in [1.54, 1.807) is 36.4 Å². The second-order valence-corrected chi connectivity index (χ2v) is 7.76. The Labute approximate surface area is 180 Å². The highest BCUT2D eigenvalue weighted by molar-refractivity contribution is 9.11. The van der Waals surface area contributed by atoms with Gasteiger partial charge < -0.3 is 4.42 Å². The van der Waals surface area contributed by atoms with Gasteiger partial charge in [0, 0.05) is 8.95 Å². The van der Waals surface area contributed by atoms with Gasteiger partial charge in [0.1, 0.15) is 16.5 Å². The summed E-state index contributed by atoms with van der Waals surface area (Å²) in [7, 11) is 0. The van der Waals surface area contributed by atoms with E-state index in [2.05, 4.69) is 36.8 Å². The molecule has 0 amide bonds. The molecule has 0 aliphatic heterocycles. The lowest BCUT2D eigenvalue weighted by molar-refractivity contribution is -0.402. The van der Waals surface area contributed by atoms with Gasteiger partial charge >= 0.3 is 5.88 Å². The Balaban J connectivity index is 1.94. The molecule has 2 aromatic carbocycles. The molecule has 7 nitrogen and oxygen atoms in total. The van der Waals surface area contributed by atoms with Crippen LogP contribution in [0.5, 0.6) is 0 Å². The van der Waals surface area contributed by atoms with Crippen LogP contribution in [-0.2, 0) is 0 Å². The van der Waals surface area contributed by atoms with Crippen LogP contribution >= 0.6 is 31.9 Å². The van der Waals surface area contributed by atoms with Crippen LogP contribution in [0.3, 0.4) is 0 Å². The minimum absolute atomic E-state index is 0.237. The molecule has 0 bridgehead atoms. The lowest BCUT2D eigenvalue weighted by atomic mass is 10.2. The third-order valence-electron chi connectivity index (χ3n) is 4.14. The highest BCUT2D eigenvalue weighted by atomic mass is 79.9. The van der Waals surface area contributed by atoms with Gasteiger partial charge in [-0.25, -0.2) is 4.98 Å². The fourth-order valence-corrected chi connectivity index (χ4v) is 3.61. The van der Waals surface area contributed by atoms with Gasteiger partial charge in [-0.1, -0.05) is 28.1 Å². The van der Waals surface area contributed by atoms with Crippen molar-refractivity contribution in [1.82, 2.24) is 9.55 Å². The summed E-state index contributed by atoms with van der Waals surface area (Å²) >= 11 is 6.92. The SMILES string of the molecule is O=c1c2ccccc2nc(/C=C/c2ccc([N+](=O)[O-])o2)n1-c1cc(Br)ccc1Br. The molecule has 0 spiro atoms. The van der Waals surface area contributed by atoms with E-state index >= 15 is 0 Å². The number of aromatic nitrogens is 2. The lowest BCUT2D eigenvalue weighted by Crippen LogP contribution is -2.22. The van der Waals surface area contributed by atoms with Gasteiger partial charge in [-0.3, -0.25) is 19.5 Å².